The van der Waals surface area contributed by atoms with Crippen molar-refractivity contribution in [1.82, 2.24) is 0 Å². The molecule has 0 bridgehead atoms. The summed E-state index contributed by atoms with van der Waals surface area (Å²) < 4.78 is 26.2. The van der Waals surface area contributed by atoms with E-state index in [9.17, 15) is 9.59 Å². The molecule has 0 atom stereocenters. The van der Waals surface area contributed by atoms with Crippen LogP contribution in [-0.4, -0.2) is 27.3 Å². The Balaban J connectivity index is 1.76. The number of esters is 1. The highest BCUT2D eigenvalue weighted by Gasteiger charge is 2.10. The highest BCUT2D eigenvalue weighted by atomic mass is 16.5. The quantitative estimate of drug-likeness (QED) is 0.343. The van der Waals surface area contributed by atoms with Crippen LogP contribution in [0.5, 0.6) is 17.2 Å². The maximum absolute atomic E-state index is 12.2. The molecule has 7 heteroatoms. The fourth-order valence-electron chi connectivity index (χ4n) is 2.85. The molecule has 3 rings (SSSR count). The molecular weight excluding hydrogens is 376 g/mol. The Morgan fingerprint density at radius 2 is 1.86 bits per heavy atom. The Kier molecular flexibility index (Phi) is 6.19. The second kappa shape index (κ2) is 8.97. The summed E-state index contributed by atoms with van der Waals surface area (Å²) in [6.07, 6.45) is 2.86. The first-order valence-electron chi connectivity index (χ1n) is 8.72. The minimum Gasteiger partial charge on any atom is -0.497 e. The first-order chi connectivity index (χ1) is 14.0. The number of carbonyl (C=O) groups excluding carboxylic acids is 1. The molecule has 0 fully saturated rings. The largest absolute Gasteiger partial charge is 0.497 e. The molecule has 0 saturated heterocycles. The van der Waals surface area contributed by atoms with Crippen molar-refractivity contribution in [3.63, 3.8) is 0 Å². The van der Waals surface area contributed by atoms with Gasteiger partial charge in [-0.1, -0.05) is 12.1 Å². The number of para-hydroxylation sites is 1. The van der Waals surface area contributed by atoms with E-state index in [2.05, 4.69) is 0 Å². The van der Waals surface area contributed by atoms with Gasteiger partial charge in [0.15, 0.2) is 11.5 Å². The van der Waals surface area contributed by atoms with Crippen LogP contribution in [0.15, 0.2) is 57.8 Å². The lowest BCUT2D eigenvalue weighted by Gasteiger charge is -2.10. The van der Waals surface area contributed by atoms with E-state index in [1.54, 1.807) is 42.5 Å². The SMILES string of the molecule is COc1ccc2c(COC(=O)C=Cc3cccc(OC)c3OC)cc(=O)oc2c1. The van der Waals surface area contributed by atoms with Gasteiger partial charge >= 0.3 is 11.6 Å². The summed E-state index contributed by atoms with van der Waals surface area (Å²) in [5, 5.41) is 0.664. The van der Waals surface area contributed by atoms with Gasteiger partial charge in [-0.25, -0.2) is 9.59 Å². The number of rotatable bonds is 7. The van der Waals surface area contributed by atoms with E-state index < -0.39 is 11.6 Å². The van der Waals surface area contributed by atoms with Crippen LogP contribution in [0.25, 0.3) is 17.0 Å². The van der Waals surface area contributed by atoms with Crippen LogP contribution in [0.4, 0.5) is 0 Å². The third kappa shape index (κ3) is 4.57. The summed E-state index contributed by atoms with van der Waals surface area (Å²) in [5.41, 5.74) is 1.04. The predicted molar refractivity (Wildman–Crippen MR) is 107 cm³/mol. The van der Waals surface area contributed by atoms with Gasteiger partial charge in [-0.2, -0.15) is 0 Å². The normalized spacial score (nSPS) is 10.9. The maximum atomic E-state index is 12.2. The Morgan fingerprint density at radius 1 is 1.03 bits per heavy atom. The van der Waals surface area contributed by atoms with E-state index in [1.807, 2.05) is 0 Å². The Labute approximate surface area is 167 Å². The number of methoxy groups -OCH3 is 3. The zero-order valence-corrected chi connectivity index (χ0v) is 16.3. The molecule has 0 spiro atoms. The number of fused-ring (bicyclic) bond motifs is 1. The molecule has 1 aromatic heterocycles. The van der Waals surface area contributed by atoms with Crippen molar-refractivity contribution in [2.45, 2.75) is 6.61 Å². The van der Waals surface area contributed by atoms with Crippen LogP contribution in [0.2, 0.25) is 0 Å². The lowest BCUT2D eigenvalue weighted by molar-refractivity contribution is -0.138. The maximum Gasteiger partial charge on any atom is 0.336 e. The van der Waals surface area contributed by atoms with Crippen LogP contribution >= 0.6 is 0 Å². The molecule has 150 valence electrons. The standard InChI is InChI=1S/C22H20O7/c1-25-16-8-9-17-15(11-21(24)29-19(17)12-16)13-28-20(23)10-7-14-5-4-6-18(26-2)22(14)27-3/h4-12H,13H2,1-3H3. The average molecular weight is 396 g/mol. The molecule has 0 saturated carbocycles. The van der Waals surface area contributed by atoms with Gasteiger partial charge < -0.3 is 23.4 Å². The molecule has 0 aliphatic heterocycles. The second-order valence-corrected chi connectivity index (χ2v) is 5.98. The predicted octanol–water partition coefficient (Wildman–Crippen LogP) is 3.58. The van der Waals surface area contributed by atoms with Crippen LogP contribution in [0, 0.1) is 0 Å². The van der Waals surface area contributed by atoms with Gasteiger partial charge in [-0.15, -0.1) is 0 Å². The Morgan fingerprint density at radius 3 is 2.59 bits per heavy atom. The minimum absolute atomic E-state index is 0.0765. The highest BCUT2D eigenvalue weighted by Crippen LogP contribution is 2.31. The van der Waals surface area contributed by atoms with E-state index >= 15 is 0 Å². The number of benzene rings is 2. The van der Waals surface area contributed by atoms with Crippen LogP contribution in [0.1, 0.15) is 11.1 Å². The average Bonchev–Trinajstić information content (AvgIpc) is 2.74. The number of hydrogen-bond donors (Lipinski definition) is 0. The van der Waals surface area contributed by atoms with Gasteiger partial charge in [-0.3, -0.25) is 0 Å². The zero-order chi connectivity index (χ0) is 20.8. The van der Waals surface area contributed by atoms with Gasteiger partial charge in [-0.05, 0) is 24.3 Å². The number of ether oxygens (including phenoxy) is 4. The molecule has 7 nitrogen and oxygen atoms in total. The molecule has 0 N–H and O–H groups in total. The van der Waals surface area contributed by atoms with E-state index in [1.165, 1.54) is 33.5 Å². The van der Waals surface area contributed by atoms with E-state index in [-0.39, 0.29) is 6.61 Å². The summed E-state index contributed by atoms with van der Waals surface area (Å²) in [6.45, 7) is -0.0765. The molecule has 0 amide bonds. The fourth-order valence-corrected chi connectivity index (χ4v) is 2.85. The lowest BCUT2D eigenvalue weighted by Crippen LogP contribution is -2.05. The van der Waals surface area contributed by atoms with Crippen molar-refractivity contribution in [2.75, 3.05) is 21.3 Å². The third-order valence-corrected chi connectivity index (χ3v) is 4.24. The molecule has 0 aliphatic carbocycles. The minimum atomic E-state index is -0.565. The van der Waals surface area contributed by atoms with Crippen molar-refractivity contribution >= 4 is 23.0 Å². The summed E-state index contributed by atoms with van der Waals surface area (Å²) in [5.74, 6) is 1.07. The second-order valence-electron chi connectivity index (χ2n) is 5.98. The summed E-state index contributed by atoms with van der Waals surface area (Å²) >= 11 is 0. The van der Waals surface area contributed by atoms with E-state index in [4.69, 9.17) is 23.4 Å². The smallest absolute Gasteiger partial charge is 0.336 e. The van der Waals surface area contributed by atoms with Crippen LogP contribution in [0.3, 0.4) is 0 Å². The number of hydrogen-bond acceptors (Lipinski definition) is 7. The van der Waals surface area contributed by atoms with Gasteiger partial charge in [0.2, 0.25) is 0 Å². The molecule has 3 aromatic rings. The highest BCUT2D eigenvalue weighted by molar-refractivity contribution is 5.88. The third-order valence-electron chi connectivity index (χ3n) is 4.24. The molecule has 29 heavy (non-hydrogen) atoms. The molecule has 2 aromatic carbocycles. The lowest BCUT2D eigenvalue weighted by atomic mass is 10.1. The molecule has 0 aliphatic rings. The summed E-state index contributed by atoms with van der Waals surface area (Å²) in [4.78, 5) is 24.0. The molecule has 1 heterocycles. The monoisotopic (exact) mass is 396 g/mol. The molecular formula is C22H20O7. The van der Waals surface area contributed by atoms with Crippen molar-refractivity contribution in [2.24, 2.45) is 0 Å². The summed E-state index contributed by atoms with van der Waals surface area (Å²) in [6, 6.07) is 11.7. The van der Waals surface area contributed by atoms with Crippen molar-refractivity contribution in [1.29, 1.82) is 0 Å². The van der Waals surface area contributed by atoms with Crippen molar-refractivity contribution in [3.8, 4) is 17.2 Å². The zero-order valence-electron chi connectivity index (χ0n) is 16.3. The van der Waals surface area contributed by atoms with E-state index in [0.29, 0.717) is 39.3 Å². The molecule has 0 unspecified atom stereocenters. The fraction of sp³-hybridized carbons (Fsp3) is 0.182. The van der Waals surface area contributed by atoms with Crippen LogP contribution < -0.4 is 19.8 Å². The number of carbonyl (C=O) groups is 1. The van der Waals surface area contributed by atoms with Gasteiger partial charge in [0.1, 0.15) is 17.9 Å². The molecule has 0 radical (unpaired) electrons. The van der Waals surface area contributed by atoms with E-state index in [0.717, 1.165) is 0 Å². The van der Waals surface area contributed by atoms with Gasteiger partial charge in [0.25, 0.3) is 0 Å². The summed E-state index contributed by atoms with van der Waals surface area (Å²) in [7, 11) is 4.58. The topological polar surface area (TPSA) is 84.2 Å². The van der Waals surface area contributed by atoms with Crippen LogP contribution in [-0.2, 0) is 16.1 Å². The van der Waals surface area contributed by atoms with Gasteiger partial charge in [0.05, 0.1) is 21.3 Å². The first kappa shape index (κ1) is 20.0. The van der Waals surface area contributed by atoms with Crippen molar-refractivity contribution < 1.29 is 28.2 Å². The van der Waals surface area contributed by atoms with Gasteiger partial charge in [0, 0.05) is 34.7 Å². The van der Waals surface area contributed by atoms with Crippen molar-refractivity contribution in [3.05, 3.63) is 70.1 Å². The Hall–Kier alpha value is -3.74. The first-order valence-corrected chi connectivity index (χ1v) is 8.72. The Bertz CT molecular complexity index is 1110.